The summed E-state index contributed by atoms with van der Waals surface area (Å²) in [5, 5.41) is 5.48. The predicted molar refractivity (Wildman–Crippen MR) is 125 cm³/mol. The Bertz CT molecular complexity index is 1020. The third kappa shape index (κ3) is 5.98. The second kappa shape index (κ2) is 11.2. The molecule has 2 aliphatic heterocycles. The Morgan fingerprint density at radius 1 is 1.03 bits per heavy atom. The van der Waals surface area contributed by atoms with Crippen molar-refractivity contribution in [3.05, 3.63) is 65.5 Å². The fourth-order valence-corrected chi connectivity index (χ4v) is 4.31. The molecule has 2 N–H and O–H groups in total. The molecule has 0 saturated carbocycles. The molecule has 2 fully saturated rings. The lowest BCUT2D eigenvalue weighted by Gasteiger charge is -2.35. The lowest BCUT2D eigenvalue weighted by molar-refractivity contribution is -0.120. The molecule has 8 nitrogen and oxygen atoms in total. The minimum Gasteiger partial charge on any atom is -0.379 e. The SMILES string of the molecule is O=C(CNC(=O)c1ccc(N2CCCC2=O)cc1)NCC(c1cccc(F)c1)N1CCOCC1. The van der Waals surface area contributed by atoms with Crippen LogP contribution in [0.3, 0.4) is 0 Å². The zero-order chi connectivity index (χ0) is 23.9. The molecule has 9 heteroatoms. The number of hydrogen-bond acceptors (Lipinski definition) is 5. The number of morpholine rings is 1. The van der Waals surface area contributed by atoms with E-state index in [0.717, 1.165) is 17.7 Å². The Kier molecular flexibility index (Phi) is 7.87. The number of nitrogens with zero attached hydrogens (tertiary/aromatic N) is 2. The van der Waals surface area contributed by atoms with E-state index >= 15 is 0 Å². The van der Waals surface area contributed by atoms with Crippen molar-refractivity contribution < 1.29 is 23.5 Å². The minimum atomic E-state index is -0.371. The zero-order valence-corrected chi connectivity index (χ0v) is 19.0. The van der Waals surface area contributed by atoms with Gasteiger partial charge in [0.1, 0.15) is 5.82 Å². The maximum atomic E-state index is 13.8. The third-order valence-corrected chi connectivity index (χ3v) is 6.14. The second-order valence-corrected chi connectivity index (χ2v) is 8.40. The molecular weight excluding hydrogens is 439 g/mol. The molecule has 0 radical (unpaired) electrons. The van der Waals surface area contributed by atoms with Gasteiger partial charge in [-0.25, -0.2) is 4.39 Å². The highest BCUT2D eigenvalue weighted by molar-refractivity contribution is 5.98. The van der Waals surface area contributed by atoms with Crippen molar-refractivity contribution in [3.63, 3.8) is 0 Å². The van der Waals surface area contributed by atoms with Crippen molar-refractivity contribution in [1.82, 2.24) is 15.5 Å². The highest BCUT2D eigenvalue weighted by Gasteiger charge is 2.24. The van der Waals surface area contributed by atoms with Crippen molar-refractivity contribution in [1.29, 1.82) is 0 Å². The maximum absolute atomic E-state index is 13.8. The number of halogens is 1. The molecule has 2 aromatic rings. The summed E-state index contributed by atoms with van der Waals surface area (Å²) in [4.78, 5) is 40.6. The van der Waals surface area contributed by atoms with Gasteiger partial charge >= 0.3 is 0 Å². The van der Waals surface area contributed by atoms with Crippen LogP contribution >= 0.6 is 0 Å². The van der Waals surface area contributed by atoms with Crippen molar-refractivity contribution in [3.8, 4) is 0 Å². The van der Waals surface area contributed by atoms with Crippen LogP contribution in [-0.4, -0.2) is 68.6 Å². The Balaban J connectivity index is 1.29. The summed E-state index contributed by atoms with van der Waals surface area (Å²) in [6, 6.07) is 13.0. The van der Waals surface area contributed by atoms with Crippen molar-refractivity contribution in [2.24, 2.45) is 0 Å². The van der Waals surface area contributed by atoms with Gasteiger partial charge in [0.25, 0.3) is 5.91 Å². The summed E-state index contributed by atoms with van der Waals surface area (Å²) in [7, 11) is 0. The number of amides is 3. The second-order valence-electron chi connectivity index (χ2n) is 8.40. The van der Waals surface area contributed by atoms with Gasteiger partial charge in [0, 0.05) is 43.9 Å². The van der Waals surface area contributed by atoms with Crippen LogP contribution < -0.4 is 15.5 Å². The van der Waals surface area contributed by atoms with E-state index in [0.29, 0.717) is 44.8 Å². The number of carbonyl (C=O) groups excluding carboxylic acids is 3. The molecule has 4 rings (SSSR count). The molecule has 2 aliphatic rings. The summed E-state index contributed by atoms with van der Waals surface area (Å²) < 4.78 is 19.2. The first-order valence-corrected chi connectivity index (χ1v) is 11.5. The van der Waals surface area contributed by atoms with Crippen LogP contribution in [0.25, 0.3) is 0 Å². The van der Waals surface area contributed by atoms with Crippen molar-refractivity contribution >= 4 is 23.4 Å². The zero-order valence-electron chi connectivity index (χ0n) is 19.0. The average Bonchev–Trinajstić information content (AvgIpc) is 3.29. The highest BCUT2D eigenvalue weighted by Crippen LogP contribution is 2.23. The van der Waals surface area contributed by atoms with Crippen LogP contribution in [0.4, 0.5) is 10.1 Å². The number of rotatable bonds is 8. The van der Waals surface area contributed by atoms with Gasteiger partial charge in [-0.1, -0.05) is 12.1 Å². The van der Waals surface area contributed by atoms with Gasteiger partial charge in [-0.15, -0.1) is 0 Å². The molecule has 0 spiro atoms. The van der Waals surface area contributed by atoms with E-state index in [9.17, 15) is 18.8 Å². The monoisotopic (exact) mass is 468 g/mol. The number of carbonyl (C=O) groups is 3. The number of anilines is 1. The van der Waals surface area contributed by atoms with Crippen LogP contribution in [0.5, 0.6) is 0 Å². The van der Waals surface area contributed by atoms with Crippen molar-refractivity contribution in [2.45, 2.75) is 18.9 Å². The predicted octanol–water partition coefficient (Wildman–Crippen LogP) is 1.87. The van der Waals surface area contributed by atoms with Crippen LogP contribution in [-0.2, 0) is 14.3 Å². The largest absolute Gasteiger partial charge is 0.379 e. The average molecular weight is 469 g/mol. The number of nitrogens with one attached hydrogen (secondary N) is 2. The Labute approximate surface area is 198 Å². The van der Waals surface area contributed by atoms with Gasteiger partial charge in [0.2, 0.25) is 11.8 Å². The summed E-state index contributed by atoms with van der Waals surface area (Å²) in [5.41, 5.74) is 1.96. The lowest BCUT2D eigenvalue weighted by atomic mass is 10.0. The first kappa shape index (κ1) is 23.8. The van der Waals surface area contributed by atoms with E-state index < -0.39 is 0 Å². The number of benzene rings is 2. The first-order valence-electron chi connectivity index (χ1n) is 11.5. The summed E-state index contributed by atoms with van der Waals surface area (Å²) in [5.74, 6) is -0.941. The maximum Gasteiger partial charge on any atom is 0.251 e. The minimum absolute atomic E-state index is 0.0856. The molecule has 34 heavy (non-hydrogen) atoms. The van der Waals surface area contributed by atoms with Crippen LogP contribution in [0, 0.1) is 5.82 Å². The molecule has 180 valence electrons. The topological polar surface area (TPSA) is 91.0 Å². The third-order valence-electron chi connectivity index (χ3n) is 6.14. The van der Waals surface area contributed by atoms with Crippen LogP contribution in [0.2, 0.25) is 0 Å². The van der Waals surface area contributed by atoms with E-state index in [4.69, 9.17) is 4.74 Å². The molecule has 2 saturated heterocycles. The summed E-state index contributed by atoms with van der Waals surface area (Å²) in [6.07, 6.45) is 1.38. The highest BCUT2D eigenvalue weighted by atomic mass is 19.1. The van der Waals surface area contributed by atoms with Crippen LogP contribution in [0.15, 0.2) is 48.5 Å². The standard InChI is InChI=1S/C25H29FN4O4/c26-20-4-1-3-19(15-20)22(29-11-13-34-14-12-29)16-27-23(31)17-28-25(33)18-6-8-21(9-7-18)30-10-2-5-24(30)32/h1,3-4,6-9,15,22H,2,5,10-14,16-17H2,(H,27,31)(H,28,33). The molecule has 2 heterocycles. The molecule has 3 amide bonds. The van der Waals surface area contributed by atoms with E-state index in [-0.39, 0.29) is 42.7 Å². The van der Waals surface area contributed by atoms with Crippen LogP contribution in [0.1, 0.15) is 34.8 Å². The van der Waals surface area contributed by atoms with E-state index in [1.807, 2.05) is 6.07 Å². The van der Waals surface area contributed by atoms with Gasteiger partial charge in [-0.3, -0.25) is 19.3 Å². The van der Waals surface area contributed by atoms with E-state index in [1.165, 1.54) is 12.1 Å². The Morgan fingerprint density at radius 2 is 1.79 bits per heavy atom. The van der Waals surface area contributed by atoms with E-state index in [1.54, 1.807) is 35.2 Å². The molecule has 1 atom stereocenters. The molecule has 1 unspecified atom stereocenters. The quantitative estimate of drug-likeness (QED) is 0.617. The van der Waals surface area contributed by atoms with Gasteiger partial charge < -0.3 is 20.3 Å². The fraction of sp³-hybridized carbons (Fsp3) is 0.400. The van der Waals surface area contributed by atoms with E-state index in [2.05, 4.69) is 15.5 Å². The molecule has 0 bridgehead atoms. The van der Waals surface area contributed by atoms with Gasteiger partial charge in [0.15, 0.2) is 0 Å². The van der Waals surface area contributed by atoms with Crippen molar-refractivity contribution in [2.75, 3.05) is 50.8 Å². The molecule has 0 aromatic heterocycles. The number of ether oxygens (including phenoxy) is 1. The number of hydrogen-bond donors (Lipinski definition) is 2. The van der Waals surface area contributed by atoms with Gasteiger partial charge in [0.05, 0.1) is 25.8 Å². The molecule has 0 aliphatic carbocycles. The van der Waals surface area contributed by atoms with Gasteiger partial charge in [-0.2, -0.15) is 0 Å². The summed E-state index contributed by atoms with van der Waals surface area (Å²) >= 11 is 0. The normalized spacial score (nSPS) is 17.4. The lowest BCUT2D eigenvalue weighted by Crippen LogP contribution is -2.45. The Hall–Kier alpha value is -3.30. The summed E-state index contributed by atoms with van der Waals surface area (Å²) in [6.45, 7) is 3.34. The molecular formula is C25H29FN4O4. The smallest absolute Gasteiger partial charge is 0.251 e. The molecule has 2 aromatic carbocycles. The van der Waals surface area contributed by atoms with Gasteiger partial charge in [-0.05, 0) is 48.4 Å². The first-order chi connectivity index (χ1) is 16.5. The fourth-order valence-electron chi connectivity index (χ4n) is 4.31. The Morgan fingerprint density at radius 3 is 2.47 bits per heavy atom.